The molecule has 0 aliphatic carbocycles. The average molecular weight is 240 g/mol. The highest BCUT2D eigenvalue weighted by molar-refractivity contribution is 5.18. The van der Waals surface area contributed by atoms with Gasteiger partial charge in [0.1, 0.15) is 6.04 Å². The van der Waals surface area contributed by atoms with Gasteiger partial charge in [-0.3, -0.25) is 0 Å². The molecule has 1 unspecified atom stereocenters. The lowest BCUT2D eigenvalue weighted by Crippen LogP contribution is -2.19. The van der Waals surface area contributed by atoms with E-state index in [1.807, 2.05) is 0 Å². The van der Waals surface area contributed by atoms with Gasteiger partial charge in [-0.25, -0.2) is 8.78 Å². The van der Waals surface area contributed by atoms with Crippen LogP contribution in [0.4, 0.5) is 8.78 Å². The topological polar surface area (TPSA) is 63.8 Å². The van der Waals surface area contributed by atoms with Gasteiger partial charge in [0.15, 0.2) is 18.0 Å². The van der Waals surface area contributed by atoms with Gasteiger partial charge < -0.3 is 5.11 Å². The minimum absolute atomic E-state index is 0.213. The first-order valence-electron chi connectivity index (χ1n) is 4.98. The molecule has 1 heterocycles. The molecule has 90 valence electrons. The van der Waals surface area contributed by atoms with Crippen molar-refractivity contribution in [1.82, 2.24) is 20.2 Å². The highest BCUT2D eigenvalue weighted by atomic mass is 19.2. The van der Waals surface area contributed by atoms with E-state index in [2.05, 4.69) is 15.4 Å². The van der Waals surface area contributed by atoms with Crippen molar-refractivity contribution < 1.29 is 13.9 Å². The van der Waals surface area contributed by atoms with Gasteiger partial charge in [-0.15, -0.1) is 10.2 Å². The normalized spacial score (nSPS) is 12.6. The van der Waals surface area contributed by atoms with Crippen molar-refractivity contribution in [3.05, 3.63) is 41.7 Å². The molecule has 5 nitrogen and oxygen atoms in total. The zero-order valence-corrected chi connectivity index (χ0v) is 8.79. The molecule has 0 aliphatic rings. The number of tetrazole rings is 1. The Morgan fingerprint density at radius 3 is 2.71 bits per heavy atom. The minimum Gasteiger partial charge on any atom is -0.394 e. The SMILES string of the molecule is OCC(Cc1ccc(F)c(F)c1)n1ncnn1. The van der Waals surface area contributed by atoms with Gasteiger partial charge in [0.2, 0.25) is 0 Å². The van der Waals surface area contributed by atoms with Crippen molar-refractivity contribution in [3.8, 4) is 0 Å². The highest BCUT2D eigenvalue weighted by Gasteiger charge is 2.14. The minimum atomic E-state index is -0.911. The number of nitrogens with zero attached hydrogens (tertiary/aromatic N) is 4. The standard InChI is InChI=1S/C10H10F2N4O/c11-9-2-1-7(4-10(9)12)3-8(5-17)16-14-6-13-15-16/h1-2,4,6,8,17H,3,5H2. The van der Waals surface area contributed by atoms with Crippen LogP contribution in [-0.4, -0.2) is 31.9 Å². The first-order chi connectivity index (χ1) is 8.20. The summed E-state index contributed by atoms with van der Waals surface area (Å²) in [6, 6.07) is 3.16. The van der Waals surface area contributed by atoms with Crippen molar-refractivity contribution in [2.45, 2.75) is 12.5 Å². The number of aliphatic hydroxyl groups excluding tert-OH is 1. The van der Waals surface area contributed by atoms with Crippen molar-refractivity contribution in [2.24, 2.45) is 0 Å². The lowest BCUT2D eigenvalue weighted by Gasteiger charge is -2.12. The second kappa shape index (κ2) is 4.96. The molecule has 0 fully saturated rings. The number of hydrogen-bond acceptors (Lipinski definition) is 4. The van der Waals surface area contributed by atoms with Gasteiger partial charge in [-0.1, -0.05) is 6.07 Å². The van der Waals surface area contributed by atoms with Crippen molar-refractivity contribution in [1.29, 1.82) is 0 Å². The van der Waals surface area contributed by atoms with Crippen LogP contribution in [0.3, 0.4) is 0 Å². The predicted octanol–water partition coefficient (Wildman–Crippen LogP) is 0.727. The van der Waals surface area contributed by atoms with Gasteiger partial charge in [-0.05, 0) is 29.3 Å². The van der Waals surface area contributed by atoms with E-state index < -0.39 is 17.7 Å². The largest absolute Gasteiger partial charge is 0.394 e. The molecule has 1 aromatic heterocycles. The number of aliphatic hydroxyl groups is 1. The Bertz CT molecular complexity index is 489. The molecule has 0 aliphatic heterocycles. The molecule has 1 atom stereocenters. The van der Waals surface area contributed by atoms with Crippen LogP contribution >= 0.6 is 0 Å². The van der Waals surface area contributed by atoms with Crippen LogP contribution in [0.5, 0.6) is 0 Å². The van der Waals surface area contributed by atoms with E-state index in [-0.39, 0.29) is 6.61 Å². The number of benzene rings is 1. The molecule has 2 rings (SSSR count). The first-order valence-corrected chi connectivity index (χ1v) is 4.98. The maximum Gasteiger partial charge on any atom is 0.162 e. The van der Waals surface area contributed by atoms with E-state index >= 15 is 0 Å². The molecule has 0 radical (unpaired) electrons. The summed E-state index contributed by atoms with van der Waals surface area (Å²) in [6.07, 6.45) is 1.54. The van der Waals surface area contributed by atoms with Gasteiger partial charge in [0.05, 0.1) is 6.61 Å². The molecule has 7 heteroatoms. The zero-order chi connectivity index (χ0) is 12.3. The molecule has 0 saturated heterocycles. The Hall–Kier alpha value is -1.89. The fourth-order valence-corrected chi connectivity index (χ4v) is 1.50. The van der Waals surface area contributed by atoms with Crippen LogP contribution in [0.2, 0.25) is 0 Å². The van der Waals surface area contributed by atoms with Gasteiger partial charge in [0, 0.05) is 0 Å². The Labute approximate surface area is 95.7 Å². The van der Waals surface area contributed by atoms with E-state index in [1.165, 1.54) is 17.2 Å². The molecule has 0 bridgehead atoms. The second-order valence-electron chi connectivity index (χ2n) is 3.55. The van der Waals surface area contributed by atoms with E-state index in [1.54, 1.807) is 0 Å². The van der Waals surface area contributed by atoms with Crippen LogP contribution < -0.4 is 0 Å². The lowest BCUT2D eigenvalue weighted by atomic mass is 10.1. The highest BCUT2D eigenvalue weighted by Crippen LogP contribution is 2.14. The van der Waals surface area contributed by atoms with Crippen LogP contribution in [-0.2, 0) is 6.42 Å². The molecule has 0 amide bonds. The summed E-state index contributed by atoms with van der Waals surface area (Å²) in [5.74, 6) is -1.81. The third-order valence-corrected chi connectivity index (χ3v) is 2.36. The molecule has 2 aromatic rings. The molecular formula is C10H10F2N4O. The fraction of sp³-hybridized carbons (Fsp3) is 0.300. The summed E-state index contributed by atoms with van der Waals surface area (Å²) in [5, 5.41) is 20.1. The Kier molecular flexibility index (Phi) is 3.38. The van der Waals surface area contributed by atoms with Gasteiger partial charge in [-0.2, -0.15) is 4.80 Å². The van der Waals surface area contributed by atoms with Crippen LogP contribution in [0, 0.1) is 11.6 Å². The quantitative estimate of drug-likeness (QED) is 0.855. The maximum absolute atomic E-state index is 13.0. The first kappa shape index (κ1) is 11.6. The van der Waals surface area contributed by atoms with Gasteiger partial charge >= 0.3 is 0 Å². The van der Waals surface area contributed by atoms with Crippen LogP contribution in [0.15, 0.2) is 24.5 Å². The van der Waals surface area contributed by atoms with E-state index in [0.29, 0.717) is 12.0 Å². The third-order valence-electron chi connectivity index (χ3n) is 2.36. The molecule has 0 saturated carbocycles. The third kappa shape index (κ3) is 2.62. The number of aromatic nitrogens is 4. The summed E-state index contributed by atoms with van der Waals surface area (Å²) in [6.45, 7) is -0.213. The summed E-state index contributed by atoms with van der Waals surface area (Å²) in [7, 11) is 0. The molecule has 0 spiro atoms. The van der Waals surface area contributed by atoms with E-state index in [4.69, 9.17) is 0 Å². The van der Waals surface area contributed by atoms with Crippen LogP contribution in [0.1, 0.15) is 11.6 Å². The Morgan fingerprint density at radius 1 is 1.29 bits per heavy atom. The summed E-state index contributed by atoms with van der Waals surface area (Å²) in [4.78, 5) is 1.24. The zero-order valence-electron chi connectivity index (χ0n) is 8.79. The second-order valence-corrected chi connectivity index (χ2v) is 3.55. The van der Waals surface area contributed by atoms with Crippen molar-refractivity contribution in [3.63, 3.8) is 0 Å². The molecule has 1 aromatic carbocycles. The lowest BCUT2D eigenvalue weighted by molar-refractivity contribution is 0.203. The van der Waals surface area contributed by atoms with Gasteiger partial charge in [0.25, 0.3) is 0 Å². The number of rotatable bonds is 4. The van der Waals surface area contributed by atoms with Crippen molar-refractivity contribution >= 4 is 0 Å². The summed E-state index contributed by atoms with van der Waals surface area (Å²) in [5.41, 5.74) is 0.556. The smallest absolute Gasteiger partial charge is 0.162 e. The number of halogens is 2. The van der Waals surface area contributed by atoms with Crippen molar-refractivity contribution in [2.75, 3.05) is 6.61 Å². The Morgan fingerprint density at radius 2 is 2.12 bits per heavy atom. The van der Waals surface area contributed by atoms with E-state index in [0.717, 1.165) is 12.1 Å². The monoisotopic (exact) mass is 240 g/mol. The molecule has 17 heavy (non-hydrogen) atoms. The Balaban J connectivity index is 2.16. The average Bonchev–Trinajstić information content (AvgIpc) is 2.84. The predicted molar refractivity (Wildman–Crippen MR) is 54.0 cm³/mol. The summed E-state index contributed by atoms with van der Waals surface area (Å²) >= 11 is 0. The number of hydrogen-bond donors (Lipinski definition) is 1. The van der Waals surface area contributed by atoms with E-state index in [9.17, 15) is 13.9 Å². The molecular weight excluding hydrogens is 230 g/mol. The summed E-state index contributed by atoms with van der Waals surface area (Å²) < 4.78 is 25.7. The molecule has 1 N–H and O–H groups in total. The fourth-order valence-electron chi connectivity index (χ4n) is 1.50. The van der Waals surface area contributed by atoms with Crippen LogP contribution in [0.25, 0.3) is 0 Å². The maximum atomic E-state index is 13.0.